The van der Waals surface area contributed by atoms with E-state index >= 15 is 0 Å². The molecule has 2 aromatic rings. The van der Waals surface area contributed by atoms with Crippen molar-refractivity contribution in [3.8, 4) is 11.6 Å². The topological polar surface area (TPSA) is 136 Å². The number of hydrogen-bond acceptors (Lipinski definition) is 7. The minimum absolute atomic E-state index is 0.0337. The third-order valence-corrected chi connectivity index (χ3v) is 3.94. The summed E-state index contributed by atoms with van der Waals surface area (Å²) in [7, 11) is 1.47. The summed E-state index contributed by atoms with van der Waals surface area (Å²) < 4.78 is 15.8. The van der Waals surface area contributed by atoms with Gasteiger partial charge in [-0.1, -0.05) is 18.2 Å². The molecule has 4 N–H and O–H groups in total. The van der Waals surface area contributed by atoms with Gasteiger partial charge in [-0.2, -0.15) is 0 Å². The number of H-pyrrole nitrogens is 2. The number of ether oxygens (including phenoxy) is 3. The second kappa shape index (κ2) is 6.79. The lowest BCUT2D eigenvalue weighted by Crippen LogP contribution is -2.35. The first-order valence-corrected chi connectivity index (χ1v) is 7.81. The van der Waals surface area contributed by atoms with Crippen LogP contribution in [0, 0.1) is 0 Å². The molecule has 26 heavy (non-hydrogen) atoms. The monoisotopic (exact) mass is 359 g/mol. The van der Waals surface area contributed by atoms with E-state index < -0.39 is 23.1 Å². The molecule has 3 rings (SSSR count). The molecule has 1 aliphatic rings. The predicted octanol–water partition coefficient (Wildman–Crippen LogP) is 0.330. The number of fused-ring (bicyclic) bond motifs is 1. The van der Waals surface area contributed by atoms with Crippen LogP contribution in [-0.2, 0) is 9.53 Å². The van der Waals surface area contributed by atoms with Gasteiger partial charge >= 0.3 is 11.7 Å². The van der Waals surface area contributed by atoms with Crippen molar-refractivity contribution in [3.05, 3.63) is 67.7 Å². The Morgan fingerprint density at radius 2 is 2.00 bits per heavy atom. The number of aromatic nitrogens is 2. The van der Waals surface area contributed by atoms with E-state index in [0.29, 0.717) is 11.3 Å². The van der Waals surface area contributed by atoms with Crippen LogP contribution < -0.4 is 26.5 Å². The Morgan fingerprint density at radius 1 is 1.27 bits per heavy atom. The number of methoxy groups -OCH3 is 1. The van der Waals surface area contributed by atoms with Crippen molar-refractivity contribution >= 4 is 5.97 Å². The number of aromatic amines is 2. The first-order valence-electron chi connectivity index (χ1n) is 7.81. The first-order chi connectivity index (χ1) is 12.5. The van der Waals surface area contributed by atoms with E-state index in [1.54, 1.807) is 31.2 Å². The number of esters is 1. The molecule has 0 bridgehead atoms. The number of rotatable bonds is 4. The minimum atomic E-state index is -0.936. The number of benzene rings is 1. The predicted molar refractivity (Wildman–Crippen MR) is 91.0 cm³/mol. The van der Waals surface area contributed by atoms with E-state index in [0.717, 1.165) is 0 Å². The van der Waals surface area contributed by atoms with E-state index in [2.05, 4.69) is 9.97 Å². The van der Waals surface area contributed by atoms with Crippen LogP contribution in [0.3, 0.4) is 0 Å². The Bertz CT molecular complexity index is 1000. The number of hydrogen-bond donors (Lipinski definition) is 3. The lowest BCUT2D eigenvalue weighted by molar-refractivity contribution is -0.139. The van der Waals surface area contributed by atoms with Crippen molar-refractivity contribution < 1.29 is 19.0 Å². The molecular weight excluding hydrogens is 342 g/mol. The van der Waals surface area contributed by atoms with Crippen LogP contribution in [0.2, 0.25) is 0 Å². The zero-order chi connectivity index (χ0) is 18.8. The fourth-order valence-electron chi connectivity index (χ4n) is 2.91. The Labute approximate surface area is 147 Å². The maximum Gasteiger partial charge on any atom is 0.340 e. The quantitative estimate of drug-likeness (QED) is 0.669. The van der Waals surface area contributed by atoms with E-state index in [9.17, 15) is 14.4 Å². The number of nitrogens with two attached hydrogens (primary N) is 1. The molecule has 0 saturated carbocycles. The Morgan fingerprint density at radius 3 is 2.69 bits per heavy atom. The summed E-state index contributed by atoms with van der Waals surface area (Å²) >= 11 is 0. The second-order valence-electron chi connectivity index (χ2n) is 5.43. The highest BCUT2D eigenvalue weighted by Gasteiger charge is 2.39. The zero-order valence-corrected chi connectivity index (χ0v) is 14.1. The van der Waals surface area contributed by atoms with Crippen molar-refractivity contribution in [2.45, 2.75) is 12.8 Å². The molecule has 0 spiro atoms. The van der Waals surface area contributed by atoms with Crippen molar-refractivity contribution in [2.75, 3.05) is 13.7 Å². The van der Waals surface area contributed by atoms with Crippen LogP contribution in [0.4, 0.5) is 0 Å². The highest BCUT2D eigenvalue weighted by molar-refractivity contribution is 5.92. The van der Waals surface area contributed by atoms with Crippen molar-refractivity contribution in [1.29, 1.82) is 0 Å². The van der Waals surface area contributed by atoms with Crippen LogP contribution in [0.5, 0.6) is 11.6 Å². The van der Waals surface area contributed by atoms with Gasteiger partial charge in [-0.15, -0.1) is 0 Å². The maximum absolute atomic E-state index is 12.5. The summed E-state index contributed by atoms with van der Waals surface area (Å²) in [5.41, 5.74) is 4.97. The van der Waals surface area contributed by atoms with Crippen LogP contribution in [0.15, 0.2) is 45.3 Å². The van der Waals surface area contributed by atoms with Crippen LogP contribution in [0.1, 0.15) is 24.0 Å². The van der Waals surface area contributed by atoms with Gasteiger partial charge in [-0.3, -0.25) is 14.8 Å². The fraction of sp³-hybridized carbons (Fsp3) is 0.235. The maximum atomic E-state index is 12.5. The normalized spacial score (nSPS) is 15.8. The van der Waals surface area contributed by atoms with Gasteiger partial charge in [-0.05, 0) is 13.0 Å². The van der Waals surface area contributed by atoms with Gasteiger partial charge in [0.15, 0.2) is 0 Å². The molecule has 0 saturated heterocycles. The molecule has 9 heteroatoms. The average molecular weight is 359 g/mol. The number of para-hydroxylation sites is 1. The van der Waals surface area contributed by atoms with E-state index in [1.165, 1.54) is 7.11 Å². The van der Waals surface area contributed by atoms with Crippen LogP contribution >= 0.6 is 0 Å². The lowest BCUT2D eigenvalue weighted by atomic mass is 9.84. The van der Waals surface area contributed by atoms with Gasteiger partial charge in [0, 0.05) is 5.56 Å². The molecule has 9 nitrogen and oxygen atoms in total. The molecule has 0 radical (unpaired) electrons. The van der Waals surface area contributed by atoms with E-state index in [1.807, 2.05) is 0 Å². The highest BCUT2D eigenvalue weighted by atomic mass is 16.5. The Hall–Kier alpha value is -3.49. The largest absolute Gasteiger partial charge is 0.496 e. The van der Waals surface area contributed by atoms with Gasteiger partial charge < -0.3 is 19.9 Å². The molecule has 1 aromatic carbocycles. The second-order valence-corrected chi connectivity index (χ2v) is 5.43. The summed E-state index contributed by atoms with van der Waals surface area (Å²) in [6.45, 7) is 1.76. The molecule has 2 heterocycles. The number of nitrogens with one attached hydrogen (secondary N) is 2. The third-order valence-electron chi connectivity index (χ3n) is 3.94. The van der Waals surface area contributed by atoms with Crippen molar-refractivity contribution in [3.63, 3.8) is 0 Å². The molecule has 0 amide bonds. The number of carbonyl (C=O) groups excluding carboxylic acids is 1. The summed E-state index contributed by atoms with van der Waals surface area (Å²) in [6, 6.07) is 6.85. The molecule has 1 atom stereocenters. The third kappa shape index (κ3) is 2.83. The smallest absolute Gasteiger partial charge is 0.340 e. The lowest BCUT2D eigenvalue weighted by Gasteiger charge is -2.27. The number of carbonyl (C=O) groups is 1. The van der Waals surface area contributed by atoms with Gasteiger partial charge in [0.2, 0.25) is 11.8 Å². The molecule has 0 fully saturated rings. The summed E-state index contributed by atoms with van der Waals surface area (Å²) in [6.07, 6.45) is 0. The Balaban J connectivity index is 2.33. The van der Waals surface area contributed by atoms with Crippen molar-refractivity contribution in [1.82, 2.24) is 9.97 Å². The van der Waals surface area contributed by atoms with Crippen molar-refractivity contribution in [2.24, 2.45) is 5.73 Å². The highest BCUT2D eigenvalue weighted by Crippen LogP contribution is 2.42. The van der Waals surface area contributed by atoms with E-state index in [-0.39, 0.29) is 29.5 Å². The molecule has 1 aromatic heterocycles. The van der Waals surface area contributed by atoms with Crippen LogP contribution in [0.25, 0.3) is 0 Å². The summed E-state index contributed by atoms with van der Waals surface area (Å²) in [4.78, 5) is 41.1. The van der Waals surface area contributed by atoms with Gasteiger partial charge in [0.25, 0.3) is 5.56 Å². The molecule has 0 unspecified atom stereocenters. The fourth-order valence-corrected chi connectivity index (χ4v) is 2.91. The minimum Gasteiger partial charge on any atom is -0.496 e. The summed E-state index contributed by atoms with van der Waals surface area (Å²) in [5, 5.41) is 0. The first kappa shape index (κ1) is 17.3. The molecule has 1 aliphatic heterocycles. The summed E-state index contributed by atoms with van der Waals surface area (Å²) in [5.74, 6) is -1.61. The van der Waals surface area contributed by atoms with Gasteiger partial charge in [-0.25, -0.2) is 9.59 Å². The van der Waals surface area contributed by atoms with E-state index in [4.69, 9.17) is 19.9 Å². The molecule has 136 valence electrons. The molecule has 0 aliphatic carbocycles. The molecular formula is C17H17N3O6. The zero-order valence-electron chi connectivity index (χ0n) is 14.1. The SMILES string of the molecule is CCOC(=O)C1=C(N)Oc2[nH]c(=O)[nH]c(=O)c2[C@@H]1c1ccccc1OC. The standard InChI is InChI=1S/C17H17N3O6/c1-3-25-16(22)11-10(8-6-4-5-7-9(8)24-2)12-14(21)19-17(23)20-15(12)26-13(11)18/h4-7,10H,3,18H2,1-2H3,(H2,19,20,21,23)/t10-/m1/s1. The van der Waals surface area contributed by atoms with Crippen LogP contribution in [-0.4, -0.2) is 29.7 Å². The van der Waals surface area contributed by atoms with Gasteiger partial charge in [0.1, 0.15) is 11.3 Å². The Kier molecular flexibility index (Phi) is 4.53. The average Bonchev–Trinajstić information content (AvgIpc) is 2.60. The van der Waals surface area contributed by atoms with Gasteiger partial charge in [0.05, 0.1) is 25.2 Å².